The van der Waals surface area contributed by atoms with Gasteiger partial charge in [0.2, 0.25) is 17.7 Å². The smallest absolute Gasteiger partial charge is 0.253 e. The molecule has 2 heterocycles. The molecule has 4 aliphatic rings. The third-order valence-electron chi connectivity index (χ3n) is 18.0. The number of hydrogen-bond acceptors (Lipinski definition) is 7. The SMILES string of the molecule is CC[C@@H](C)C(=O)N[C@H](C(=O)N1C[C@H](F)C[C@H]1CN(CCc1ccccc1)C(=O)c1ccc(-c2ccc(C(=O)N(CCc3ccccc3)C[C@@H]3C[C@@H](F)CN3C(=O)[C@@H](CC(=O)[C@H](C)NC)C3CCCCC3)cc2)cc1)C1CCCCC1. The van der Waals surface area contributed by atoms with Crippen LogP contribution in [0.2, 0.25) is 0 Å². The van der Waals surface area contributed by atoms with Crippen LogP contribution in [0.5, 0.6) is 0 Å². The second kappa shape index (κ2) is 28.9. The van der Waals surface area contributed by atoms with Gasteiger partial charge in [0.05, 0.1) is 31.2 Å². The Kier molecular flexibility index (Phi) is 21.6. The molecule has 2 saturated heterocycles. The number of carbonyl (C=O) groups is 6. The van der Waals surface area contributed by atoms with Crippen LogP contribution < -0.4 is 10.6 Å². The maximum Gasteiger partial charge on any atom is 0.253 e. The van der Waals surface area contributed by atoms with Crippen molar-refractivity contribution in [2.75, 3.05) is 46.3 Å². The predicted octanol–water partition coefficient (Wildman–Crippen LogP) is 10.5. The summed E-state index contributed by atoms with van der Waals surface area (Å²) in [5.74, 6) is -1.91. The van der Waals surface area contributed by atoms with Crippen molar-refractivity contribution in [2.24, 2.45) is 23.7 Å². The summed E-state index contributed by atoms with van der Waals surface area (Å²) in [4.78, 5) is 92.0. The number of carbonyl (C=O) groups excluding carboxylic acids is 6. The summed E-state index contributed by atoms with van der Waals surface area (Å²) in [5.41, 5.74) is 4.62. The zero-order valence-electron chi connectivity index (χ0n) is 47.7. The summed E-state index contributed by atoms with van der Waals surface area (Å²) in [7, 11) is 1.73. The van der Waals surface area contributed by atoms with E-state index in [0.717, 1.165) is 86.5 Å². The summed E-state index contributed by atoms with van der Waals surface area (Å²) in [5, 5.41) is 6.12. The first-order valence-corrected chi connectivity index (χ1v) is 30.0. The van der Waals surface area contributed by atoms with Crippen molar-refractivity contribution in [2.45, 2.75) is 160 Å². The van der Waals surface area contributed by atoms with Crippen LogP contribution in [0.25, 0.3) is 11.1 Å². The fourth-order valence-corrected chi connectivity index (χ4v) is 12.7. The molecule has 80 heavy (non-hydrogen) atoms. The first-order chi connectivity index (χ1) is 38.7. The number of ketones is 1. The lowest BCUT2D eigenvalue weighted by Gasteiger charge is -2.36. The Morgan fingerprint density at radius 2 is 1.02 bits per heavy atom. The van der Waals surface area contributed by atoms with E-state index in [0.29, 0.717) is 43.5 Å². The van der Waals surface area contributed by atoms with Crippen LogP contribution in [0, 0.1) is 23.7 Å². The number of likely N-dealkylation sites (tertiary alicyclic amines) is 2. The largest absolute Gasteiger partial charge is 0.344 e. The topological polar surface area (TPSA) is 139 Å². The Morgan fingerprint density at radius 3 is 1.46 bits per heavy atom. The lowest BCUT2D eigenvalue weighted by molar-refractivity contribution is -0.142. The molecule has 5 amide bonds. The molecule has 0 aromatic heterocycles. The number of alkyl halides is 2. The van der Waals surface area contributed by atoms with Gasteiger partial charge < -0.3 is 30.2 Å². The number of rotatable bonds is 24. The number of halogens is 2. The molecule has 430 valence electrons. The van der Waals surface area contributed by atoms with Crippen molar-refractivity contribution in [1.29, 1.82) is 0 Å². The summed E-state index contributed by atoms with van der Waals surface area (Å²) < 4.78 is 31.2. The molecule has 4 fully saturated rings. The van der Waals surface area contributed by atoms with E-state index in [9.17, 15) is 28.8 Å². The van der Waals surface area contributed by atoms with E-state index in [1.54, 1.807) is 57.8 Å². The molecule has 0 bridgehead atoms. The van der Waals surface area contributed by atoms with Crippen LogP contribution in [-0.2, 0) is 32.0 Å². The number of likely N-dealkylation sites (N-methyl/N-ethyl adjacent to an activating group) is 1. The Balaban J connectivity index is 0.986. The zero-order chi connectivity index (χ0) is 56.7. The molecule has 0 unspecified atom stereocenters. The minimum atomic E-state index is -1.26. The molecule has 0 radical (unpaired) electrons. The highest BCUT2D eigenvalue weighted by Gasteiger charge is 2.44. The lowest BCUT2D eigenvalue weighted by atomic mass is 9.76. The molecule has 4 aromatic rings. The Hall–Kier alpha value is -6.28. The Bertz CT molecular complexity index is 2480. The second-order valence-electron chi connectivity index (χ2n) is 23.5. The first-order valence-electron chi connectivity index (χ1n) is 30.0. The van der Waals surface area contributed by atoms with E-state index in [1.807, 2.05) is 98.8 Å². The lowest BCUT2D eigenvalue weighted by Crippen LogP contribution is -2.56. The Labute approximate surface area is 473 Å². The molecule has 2 aliphatic heterocycles. The van der Waals surface area contributed by atoms with Crippen molar-refractivity contribution < 1.29 is 37.5 Å². The fraction of sp³-hybridized carbons (Fsp3) is 0.545. The van der Waals surface area contributed by atoms with Gasteiger partial charge >= 0.3 is 0 Å². The minimum absolute atomic E-state index is 0.0301. The van der Waals surface area contributed by atoms with Crippen molar-refractivity contribution in [3.8, 4) is 11.1 Å². The standard InChI is InChI=1S/C66H86F2N6O6/c1-5-45(2)62(76)70-61(52-24-16-9-17-25-52)66(80)74-42-56(68)39-58(74)44-72(37-35-48-20-12-7-13-21-48)64(78)54-32-28-50(29-33-54)49-26-30-53(31-27-49)63(77)71(36-34-47-18-10-6-11-19-47)43-57-38-55(67)41-73(57)65(79)59(40-60(75)46(3)69-4)51-22-14-8-15-23-51/h6-7,10-13,18-21,26-33,45-46,51-52,55-59,61,69H,5,8-9,14-17,22-25,34-44H2,1-4H3,(H,70,76)/t45-,46+,55-,56-,57+,58+,59+,61+/m1/s1. The third kappa shape index (κ3) is 15.6. The Morgan fingerprint density at radius 1 is 0.588 bits per heavy atom. The van der Waals surface area contributed by atoms with E-state index in [-0.39, 0.29) is 98.5 Å². The average molecular weight is 1100 g/mol. The number of hydrogen-bond donors (Lipinski definition) is 2. The molecule has 12 nitrogen and oxygen atoms in total. The number of nitrogens with zero attached hydrogens (tertiary/aromatic N) is 4. The van der Waals surface area contributed by atoms with Crippen LogP contribution in [0.4, 0.5) is 8.78 Å². The van der Waals surface area contributed by atoms with E-state index in [4.69, 9.17) is 0 Å². The van der Waals surface area contributed by atoms with Gasteiger partial charge in [0.15, 0.2) is 0 Å². The van der Waals surface area contributed by atoms with Gasteiger partial charge in [0.25, 0.3) is 11.8 Å². The van der Waals surface area contributed by atoms with E-state index < -0.39 is 42.4 Å². The summed E-state index contributed by atoms with van der Waals surface area (Å²) in [6.07, 6.45) is 9.04. The van der Waals surface area contributed by atoms with Crippen LogP contribution in [0.1, 0.15) is 143 Å². The maximum atomic E-state index is 15.6. The molecule has 4 aromatic carbocycles. The van der Waals surface area contributed by atoms with Crippen LogP contribution in [0.3, 0.4) is 0 Å². The maximum absolute atomic E-state index is 15.6. The van der Waals surface area contributed by atoms with E-state index in [2.05, 4.69) is 10.6 Å². The molecule has 8 atom stereocenters. The zero-order valence-corrected chi connectivity index (χ0v) is 47.7. The van der Waals surface area contributed by atoms with Gasteiger partial charge in [-0.05, 0) is 117 Å². The molecule has 2 saturated carbocycles. The van der Waals surface area contributed by atoms with Gasteiger partial charge in [-0.2, -0.15) is 0 Å². The average Bonchev–Trinajstić information content (AvgIpc) is 4.07. The van der Waals surface area contributed by atoms with Crippen molar-refractivity contribution in [3.05, 3.63) is 131 Å². The fourth-order valence-electron chi connectivity index (χ4n) is 12.7. The molecule has 14 heteroatoms. The van der Waals surface area contributed by atoms with Crippen molar-refractivity contribution >= 4 is 35.3 Å². The predicted molar refractivity (Wildman–Crippen MR) is 310 cm³/mol. The van der Waals surface area contributed by atoms with Crippen LogP contribution >= 0.6 is 0 Å². The summed E-state index contributed by atoms with van der Waals surface area (Å²) in [6.45, 7) is 6.44. The minimum Gasteiger partial charge on any atom is -0.344 e. The van der Waals surface area contributed by atoms with Crippen LogP contribution in [0.15, 0.2) is 109 Å². The number of Topliss-reactive ketones (excluding diaryl/α,β-unsaturated/α-hetero) is 1. The molecule has 0 spiro atoms. The summed E-state index contributed by atoms with van der Waals surface area (Å²) >= 11 is 0. The third-order valence-corrected chi connectivity index (χ3v) is 18.0. The molecular weight excluding hydrogens is 1010 g/mol. The second-order valence-corrected chi connectivity index (χ2v) is 23.5. The molecular formula is C66H86F2N6O6. The van der Waals surface area contributed by atoms with Crippen molar-refractivity contribution in [3.63, 3.8) is 0 Å². The van der Waals surface area contributed by atoms with Gasteiger partial charge in [0.1, 0.15) is 24.2 Å². The highest BCUT2D eigenvalue weighted by molar-refractivity contribution is 5.96. The molecule has 8 rings (SSSR count). The van der Waals surface area contributed by atoms with Gasteiger partial charge in [-0.15, -0.1) is 0 Å². The molecule has 2 aliphatic carbocycles. The van der Waals surface area contributed by atoms with E-state index in [1.165, 1.54) is 0 Å². The molecule has 2 N–H and O–H groups in total. The van der Waals surface area contributed by atoms with Gasteiger partial charge in [-0.25, -0.2) is 8.78 Å². The van der Waals surface area contributed by atoms with Gasteiger partial charge in [0, 0.05) is 68.4 Å². The van der Waals surface area contributed by atoms with E-state index >= 15 is 8.78 Å². The highest BCUT2D eigenvalue weighted by atomic mass is 19.1. The first kappa shape index (κ1) is 59.8. The van der Waals surface area contributed by atoms with Crippen molar-refractivity contribution in [1.82, 2.24) is 30.2 Å². The number of nitrogens with one attached hydrogen (secondary N) is 2. The number of benzene rings is 4. The summed E-state index contributed by atoms with van der Waals surface area (Å²) in [6, 6.07) is 32.1. The normalized spacial score (nSPS) is 21.3. The monoisotopic (exact) mass is 1100 g/mol. The quantitative estimate of drug-likeness (QED) is 0.0712. The number of amides is 5. The highest BCUT2D eigenvalue weighted by Crippen LogP contribution is 2.36. The van der Waals surface area contributed by atoms with Gasteiger partial charge in [-0.1, -0.05) is 137 Å². The van der Waals surface area contributed by atoms with Crippen LogP contribution in [-0.4, -0.2) is 138 Å². The van der Waals surface area contributed by atoms with Gasteiger partial charge in [-0.3, -0.25) is 28.8 Å².